The fourth-order valence-electron chi connectivity index (χ4n) is 2.93. The minimum atomic E-state index is -0.729. The summed E-state index contributed by atoms with van der Waals surface area (Å²) in [6, 6.07) is 17.7. The van der Waals surface area contributed by atoms with Gasteiger partial charge in [0.1, 0.15) is 6.04 Å². The molecule has 1 unspecified atom stereocenters. The van der Waals surface area contributed by atoms with Crippen LogP contribution in [0.4, 0.5) is 5.69 Å². The lowest BCUT2D eigenvalue weighted by atomic mass is 10.0. The van der Waals surface area contributed by atoms with Gasteiger partial charge in [0.2, 0.25) is 5.91 Å². The summed E-state index contributed by atoms with van der Waals surface area (Å²) < 4.78 is 1.63. The van der Waals surface area contributed by atoms with Crippen molar-refractivity contribution in [2.24, 2.45) is 0 Å². The number of amides is 2. The van der Waals surface area contributed by atoms with Crippen LogP contribution in [0.5, 0.6) is 0 Å². The number of pyridine rings is 1. The van der Waals surface area contributed by atoms with Gasteiger partial charge in [0.25, 0.3) is 5.91 Å². The molecule has 0 bridgehead atoms. The van der Waals surface area contributed by atoms with E-state index in [4.69, 9.17) is 0 Å². The Bertz CT molecular complexity index is 1090. The van der Waals surface area contributed by atoms with E-state index in [1.807, 2.05) is 41.8 Å². The summed E-state index contributed by atoms with van der Waals surface area (Å²) in [6.45, 7) is 0. The highest BCUT2D eigenvalue weighted by Crippen LogP contribution is 2.13. The van der Waals surface area contributed by atoms with Gasteiger partial charge in [-0.1, -0.05) is 36.4 Å². The molecule has 0 saturated heterocycles. The first-order valence-electron chi connectivity index (χ1n) is 9.34. The number of carbonyl (C=O) groups excluding carboxylic acids is 2. The number of nitrogens with one attached hydrogen (secondary N) is 2. The molecular formula is C22H19N5O2S. The Morgan fingerprint density at radius 3 is 2.57 bits per heavy atom. The molecule has 150 valence electrons. The third kappa shape index (κ3) is 4.79. The molecule has 2 N–H and O–H groups in total. The van der Waals surface area contributed by atoms with Crippen LogP contribution in [0.3, 0.4) is 0 Å². The first-order valence-corrected chi connectivity index (χ1v) is 10.2. The molecule has 0 aliphatic carbocycles. The van der Waals surface area contributed by atoms with Crippen molar-refractivity contribution in [3.63, 3.8) is 0 Å². The van der Waals surface area contributed by atoms with Gasteiger partial charge < -0.3 is 10.6 Å². The molecular weight excluding hydrogens is 398 g/mol. The number of rotatable bonds is 7. The number of benzene rings is 1. The van der Waals surface area contributed by atoms with Crippen molar-refractivity contribution >= 4 is 28.8 Å². The van der Waals surface area contributed by atoms with Crippen LogP contribution in [0.15, 0.2) is 84.6 Å². The Morgan fingerprint density at radius 1 is 1.03 bits per heavy atom. The van der Waals surface area contributed by atoms with Gasteiger partial charge in [0.15, 0.2) is 5.82 Å². The highest BCUT2D eigenvalue weighted by Gasteiger charge is 2.22. The summed E-state index contributed by atoms with van der Waals surface area (Å²) in [5, 5.41) is 11.6. The molecule has 0 saturated carbocycles. The highest BCUT2D eigenvalue weighted by molar-refractivity contribution is 7.12. The number of carbonyl (C=O) groups is 2. The Balaban J connectivity index is 1.48. The van der Waals surface area contributed by atoms with E-state index in [9.17, 15) is 9.59 Å². The fourth-order valence-corrected chi connectivity index (χ4v) is 3.55. The molecule has 0 fully saturated rings. The van der Waals surface area contributed by atoms with E-state index in [0.717, 1.165) is 5.56 Å². The molecule has 4 rings (SSSR count). The molecule has 30 heavy (non-hydrogen) atoms. The summed E-state index contributed by atoms with van der Waals surface area (Å²) in [6.07, 6.45) is 5.40. The number of thiophene rings is 1. The van der Waals surface area contributed by atoms with E-state index in [0.29, 0.717) is 22.8 Å². The molecule has 1 aromatic carbocycles. The smallest absolute Gasteiger partial charge is 0.262 e. The van der Waals surface area contributed by atoms with Crippen molar-refractivity contribution in [3.8, 4) is 5.82 Å². The Hall–Kier alpha value is -3.78. The lowest BCUT2D eigenvalue weighted by Gasteiger charge is -2.18. The fraction of sp³-hybridized carbons (Fsp3) is 0.0909. The van der Waals surface area contributed by atoms with Gasteiger partial charge >= 0.3 is 0 Å². The molecule has 1 atom stereocenters. The first-order chi connectivity index (χ1) is 14.7. The molecule has 3 heterocycles. The maximum atomic E-state index is 13.0. The molecule has 0 spiro atoms. The van der Waals surface area contributed by atoms with E-state index in [1.165, 1.54) is 11.3 Å². The van der Waals surface area contributed by atoms with Crippen LogP contribution in [-0.4, -0.2) is 32.6 Å². The van der Waals surface area contributed by atoms with Gasteiger partial charge in [-0.25, -0.2) is 9.67 Å². The van der Waals surface area contributed by atoms with Crippen molar-refractivity contribution < 1.29 is 9.59 Å². The highest BCUT2D eigenvalue weighted by atomic mass is 32.1. The lowest BCUT2D eigenvalue weighted by molar-refractivity contribution is -0.118. The van der Waals surface area contributed by atoms with Gasteiger partial charge in [-0.05, 0) is 35.2 Å². The maximum Gasteiger partial charge on any atom is 0.262 e. The SMILES string of the molecule is O=C(NC(Cc1ccccc1)C(=O)Nc1ccc(-n2cccn2)nc1)c1cccs1. The second kappa shape index (κ2) is 9.15. The second-order valence-corrected chi connectivity index (χ2v) is 7.49. The van der Waals surface area contributed by atoms with Crippen LogP contribution < -0.4 is 10.6 Å². The van der Waals surface area contributed by atoms with Crippen LogP contribution >= 0.6 is 11.3 Å². The predicted octanol–water partition coefficient (Wildman–Crippen LogP) is 3.31. The topological polar surface area (TPSA) is 88.9 Å². The third-order valence-corrected chi connectivity index (χ3v) is 5.27. The number of nitrogens with zero attached hydrogens (tertiary/aromatic N) is 3. The van der Waals surface area contributed by atoms with E-state index in [2.05, 4.69) is 20.7 Å². The van der Waals surface area contributed by atoms with Crippen LogP contribution in [0, 0.1) is 0 Å². The zero-order chi connectivity index (χ0) is 20.8. The van der Waals surface area contributed by atoms with Gasteiger partial charge in [0, 0.05) is 18.8 Å². The predicted molar refractivity (Wildman–Crippen MR) is 116 cm³/mol. The Labute approximate surface area is 177 Å². The summed E-state index contributed by atoms with van der Waals surface area (Å²) in [5.74, 6) is 0.0652. The Morgan fingerprint density at radius 2 is 1.90 bits per heavy atom. The molecule has 0 radical (unpaired) electrons. The van der Waals surface area contributed by atoms with Crippen molar-refractivity contribution in [3.05, 3.63) is 95.1 Å². The van der Waals surface area contributed by atoms with E-state index < -0.39 is 6.04 Å². The van der Waals surface area contributed by atoms with Crippen molar-refractivity contribution in [2.45, 2.75) is 12.5 Å². The average molecular weight is 417 g/mol. The third-order valence-electron chi connectivity index (χ3n) is 4.40. The number of hydrogen-bond acceptors (Lipinski definition) is 5. The molecule has 8 heteroatoms. The molecule has 2 amide bonds. The standard InChI is InChI=1S/C22H19N5O2S/c28-21(25-17-9-10-20(23-15-17)27-12-5-11-24-27)18(14-16-6-2-1-3-7-16)26-22(29)19-8-4-13-30-19/h1-13,15,18H,14H2,(H,25,28)(H,26,29). The first kappa shape index (κ1) is 19.5. The van der Waals surface area contributed by atoms with E-state index in [-0.39, 0.29) is 11.8 Å². The molecule has 3 aromatic heterocycles. The van der Waals surface area contributed by atoms with E-state index in [1.54, 1.807) is 47.5 Å². The van der Waals surface area contributed by atoms with Crippen molar-refractivity contribution in [1.29, 1.82) is 0 Å². The minimum Gasteiger partial charge on any atom is -0.339 e. The van der Waals surface area contributed by atoms with Crippen LogP contribution in [-0.2, 0) is 11.2 Å². The summed E-state index contributed by atoms with van der Waals surface area (Å²) in [7, 11) is 0. The van der Waals surface area contributed by atoms with Crippen LogP contribution in [0.25, 0.3) is 5.82 Å². The normalized spacial score (nSPS) is 11.6. The zero-order valence-corrected chi connectivity index (χ0v) is 16.8. The van der Waals surface area contributed by atoms with Crippen molar-refractivity contribution in [2.75, 3.05) is 5.32 Å². The number of hydrogen-bond donors (Lipinski definition) is 2. The van der Waals surface area contributed by atoms with Crippen molar-refractivity contribution in [1.82, 2.24) is 20.1 Å². The Kier molecular flexibility index (Phi) is 5.95. The van der Waals surface area contributed by atoms with Gasteiger partial charge in [0.05, 0.1) is 16.8 Å². The second-order valence-electron chi connectivity index (χ2n) is 6.54. The largest absolute Gasteiger partial charge is 0.339 e. The summed E-state index contributed by atoms with van der Waals surface area (Å²) >= 11 is 1.33. The van der Waals surface area contributed by atoms with E-state index >= 15 is 0 Å². The van der Waals surface area contributed by atoms with Crippen LogP contribution in [0.1, 0.15) is 15.2 Å². The number of anilines is 1. The van der Waals surface area contributed by atoms with Gasteiger partial charge in [-0.2, -0.15) is 5.10 Å². The van der Waals surface area contributed by atoms with Gasteiger partial charge in [-0.3, -0.25) is 9.59 Å². The molecule has 0 aliphatic rings. The molecule has 4 aromatic rings. The summed E-state index contributed by atoms with van der Waals surface area (Å²) in [4.78, 5) is 30.4. The van der Waals surface area contributed by atoms with Crippen LogP contribution in [0.2, 0.25) is 0 Å². The lowest BCUT2D eigenvalue weighted by Crippen LogP contribution is -2.45. The quantitative estimate of drug-likeness (QED) is 0.483. The maximum absolute atomic E-state index is 13.0. The summed E-state index contributed by atoms with van der Waals surface area (Å²) in [5.41, 5.74) is 1.50. The minimum absolute atomic E-state index is 0.270. The van der Waals surface area contributed by atoms with Gasteiger partial charge in [-0.15, -0.1) is 11.3 Å². The number of aromatic nitrogens is 3. The monoisotopic (exact) mass is 417 g/mol. The molecule has 7 nitrogen and oxygen atoms in total. The zero-order valence-electron chi connectivity index (χ0n) is 15.9. The molecule has 0 aliphatic heterocycles. The average Bonchev–Trinajstić information content (AvgIpc) is 3.49.